The van der Waals surface area contributed by atoms with E-state index in [1.54, 1.807) is 23.6 Å². The molecule has 1 N–H and O–H groups in total. The maximum absolute atomic E-state index is 12.6. The number of fused-ring (bicyclic) bond motifs is 1. The number of hydrogen-bond donors (Lipinski definition) is 1. The normalized spacial score (nSPS) is 13.5. The summed E-state index contributed by atoms with van der Waals surface area (Å²) >= 11 is 1.56. The second kappa shape index (κ2) is 6.64. The summed E-state index contributed by atoms with van der Waals surface area (Å²) in [5.74, 6) is 0.0711. The predicted octanol–water partition coefficient (Wildman–Crippen LogP) is 2.63. The molecule has 0 saturated carbocycles. The van der Waals surface area contributed by atoms with Crippen molar-refractivity contribution in [1.82, 2.24) is 14.9 Å². The molecule has 0 unspecified atom stereocenters. The molecular weight excluding hydrogens is 334 g/mol. The molecule has 0 aliphatic carbocycles. The third-order valence-electron chi connectivity index (χ3n) is 4.38. The summed E-state index contributed by atoms with van der Waals surface area (Å²) in [5, 5.41) is 2.89. The van der Waals surface area contributed by atoms with Gasteiger partial charge in [-0.2, -0.15) is 0 Å². The number of rotatable bonds is 3. The summed E-state index contributed by atoms with van der Waals surface area (Å²) in [6, 6.07) is 11.6. The first-order valence-corrected chi connectivity index (χ1v) is 9.05. The highest BCUT2D eigenvalue weighted by Gasteiger charge is 2.22. The van der Waals surface area contributed by atoms with E-state index in [2.05, 4.69) is 9.97 Å². The van der Waals surface area contributed by atoms with Gasteiger partial charge in [0.05, 0.1) is 12.1 Å². The van der Waals surface area contributed by atoms with Crippen LogP contribution in [0.15, 0.2) is 52.8 Å². The van der Waals surface area contributed by atoms with Crippen molar-refractivity contribution in [3.63, 3.8) is 0 Å². The summed E-state index contributed by atoms with van der Waals surface area (Å²) in [4.78, 5) is 33.1. The maximum atomic E-state index is 12.6. The fourth-order valence-electron chi connectivity index (χ4n) is 3.04. The van der Waals surface area contributed by atoms with E-state index in [1.807, 2.05) is 40.6 Å². The van der Waals surface area contributed by atoms with Gasteiger partial charge >= 0.3 is 0 Å². The van der Waals surface area contributed by atoms with Gasteiger partial charge in [0.25, 0.3) is 0 Å². The van der Waals surface area contributed by atoms with Gasteiger partial charge in [0.2, 0.25) is 11.5 Å². The lowest BCUT2D eigenvalue weighted by molar-refractivity contribution is -0.131. The van der Waals surface area contributed by atoms with Crippen molar-refractivity contribution in [2.45, 2.75) is 19.4 Å². The van der Waals surface area contributed by atoms with Gasteiger partial charge in [-0.05, 0) is 17.5 Å². The van der Waals surface area contributed by atoms with Crippen molar-refractivity contribution in [2.24, 2.45) is 0 Å². The van der Waals surface area contributed by atoms with E-state index in [4.69, 9.17) is 0 Å². The summed E-state index contributed by atoms with van der Waals surface area (Å²) in [5.41, 5.74) is 3.84. The first-order chi connectivity index (χ1) is 12.2. The van der Waals surface area contributed by atoms with Crippen molar-refractivity contribution in [2.75, 3.05) is 6.54 Å². The van der Waals surface area contributed by atoms with Gasteiger partial charge in [-0.15, -0.1) is 11.3 Å². The van der Waals surface area contributed by atoms with Gasteiger partial charge in [0.1, 0.15) is 5.01 Å². The molecule has 126 valence electrons. The van der Waals surface area contributed by atoms with Gasteiger partial charge < -0.3 is 9.88 Å². The highest BCUT2D eigenvalue weighted by Crippen LogP contribution is 2.24. The van der Waals surface area contributed by atoms with Crippen LogP contribution in [-0.2, 0) is 24.2 Å². The summed E-state index contributed by atoms with van der Waals surface area (Å²) in [7, 11) is 0. The Hall–Kier alpha value is -2.73. The Balaban J connectivity index is 1.45. The Morgan fingerprint density at radius 1 is 1.24 bits per heavy atom. The van der Waals surface area contributed by atoms with Crippen LogP contribution in [0.1, 0.15) is 16.8 Å². The monoisotopic (exact) mass is 351 g/mol. The van der Waals surface area contributed by atoms with E-state index >= 15 is 0 Å². The number of H-pyrrole nitrogens is 1. The fraction of sp³-hybridized carbons (Fsp3) is 0.211. The second-order valence-electron chi connectivity index (χ2n) is 6.10. The standard InChI is InChI=1S/C19H17N3O2S/c23-17-8-14-6-7-22(11-15(14)10-20-17)18(24)9-16-12-25-19(21-16)13-4-2-1-3-5-13/h1-5,8,10,12H,6-7,9,11H2,(H,20,23). The zero-order valence-electron chi connectivity index (χ0n) is 13.6. The fourth-order valence-corrected chi connectivity index (χ4v) is 3.87. The molecule has 4 rings (SSSR count). The van der Waals surface area contributed by atoms with Crippen molar-refractivity contribution in [3.05, 3.63) is 75.1 Å². The number of carbonyl (C=O) groups excluding carboxylic acids is 1. The molecule has 0 bridgehead atoms. The zero-order chi connectivity index (χ0) is 17.2. The molecule has 1 aromatic carbocycles. The largest absolute Gasteiger partial charge is 0.338 e. The molecule has 1 aliphatic heterocycles. The average Bonchev–Trinajstić information content (AvgIpc) is 3.10. The molecule has 2 aromatic heterocycles. The second-order valence-corrected chi connectivity index (χ2v) is 6.96. The number of aromatic amines is 1. The van der Waals surface area contributed by atoms with Gasteiger partial charge in [-0.1, -0.05) is 30.3 Å². The third-order valence-corrected chi connectivity index (χ3v) is 5.32. The van der Waals surface area contributed by atoms with Crippen molar-refractivity contribution < 1.29 is 4.79 Å². The number of amides is 1. The van der Waals surface area contributed by atoms with Gasteiger partial charge in [-0.3, -0.25) is 9.59 Å². The van der Waals surface area contributed by atoms with Crippen molar-refractivity contribution >= 4 is 17.2 Å². The van der Waals surface area contributed by atoms with Crippen LogP contribution in [0, 0.1) is 0 Å². The Kier molecular flexibility index (Phi) is 4.19. The van der Waals surface area contributed by atoms with E-state index in [0.717, 1.165) is 33.8 Å². The molecule has 1 amide bonds. The van der Waals surface area contributed by atoms with E-state index in [9.17, 15) is 9.59 Å². The molecule has 3 aromatic rings. The molecule has 0 atom stereocenters. The summed E-state index contributed by atoms with van der Waals surface area (Å²) in [6.07, 6.45) is 2.74. The number of hydrogen-bond acceptors (Lipinski definition) is 4. The Morgan fingerprint density at radius 3 is 2.92 bits per heavy atom. The van der Waals surface area contributed by atoms with Crippen LogP contribution in [0.5, 0.6) is 0 Å². The maximum Gasteiger partial charge on any atom is 0.248 e. The number of benzene rings is 1. The average molecular weight is 351 g/mol. The highest BCUT2D eigenvalue weighted by molar-refractivity contribution is 7.13. The minimum absolute atomic E-state index is 0.0711. The number of pyridine rings is 1. The zero-order valence-corrected chi connectivity index (χ0v) is 14.4. The van der Waals surface area contributed by atoms with Crippen LogP contribution in [0.3, 0.4) is 0 Å². The van der Waals surface area contributed by atoms with E-state index < -0.39 is 0 Å². The number of aromatic nitrogens is 2. The predicted molar refractivity (Wildman–Crippen MR) is 97.4 cm³/mol. The molecule has 0 radical (unpaired) electrons. The van der Waals surface area contributed by atoms with Crippen LogP contribution in [-0.4, -0.2) is 27.3 Å². The molecule has 3 heterocycles. The van der Waals surface area contributed by atoms with Crippen molar-refractivity contribution in [3.8, 4) is 10.6 Å². The Morgan fingerprint density at radius 2 is 2.08 bits per heavy atom. The first-order valence-electron chi connectivity index (χ1n) is 8.17. The quantitative estimate of drug-likeness (QED) is 0.789. The molecule has 5 nitrogen and oxygen atoms in total. The number of nitrogens with zero attached hydrogens (tertiary/aromatic N) is 2. The Labute approximate surface area is 149 Å². The number of carbonyl (C=O) groups is 1. The van der Waals surface area contributed by atoms with E-state index in [-0.39, 0.29) is 11.5 Å². The van der Waals surface area contributed by atoms with Gasteiger partial charge in [-0.25, -0.2) is 4.98 Å². The number of thiazole rings is 1. The van der Waals surface area contributed by atoms with E-state index in [0.29, 0.717) is 19.5 Å². The first kappa shape index (κ1) is 15.8. The summed E-state index contributed by atoms with van der Waals surface area (Å²) in [6.45, 7) is 1.19. The lowest BCUT2D eigenvalue weighted by Crippen LogP contribution is -2.37. The van der Waals surface area contributed by atoms with Crippen molar-refractivity contribution in [1.29, 1.82) is 0 Å². The SMILES string of the molecule is O=C(Cc1csc(-c2ccccc2)n1)N1CCc2cc(=O)[nH]cc2C1. The molecule has 1 aliphatic rings. The van der Waals surface area contributed by atoms with E-state index in [1.165, 1.54) is 0 Å². The lowest BCUT2D eigenvalue weighted by atomic mass is 10.0. The smallest absolute Gasteiger partial charge is 0.248 e. The van der Waals surface area contributed by atoms with Gasteiger partial charge in [0.15, 0.2) is 0 Å². The molecular formula is C19H17N3O2S. The van der Waals surface area contributed by atoms with Crippen LogP contribution in [0.2, 0.25) is 0 Å². The lowest BCUT2D eigenvalue weighted by Gasteiger charge is -2.28. The molecule has 0 saturated heterocycles. The van der Waals surface area contributed by atoms with Gasteiger partial charge in [0, 0.05) is 36.3 Å². The van der Waals surface area contributed by atoms with Crippen LogP contribution in [0.4, 0.5) is 0 Å². The highest BCUT2D eigenvalue weighted by atomic mass is 32.1. The molecule has 6 heteroatoms. The number of nitrogens with one attached hydrogen (secondary N) is 1. The third kappa shape index (κ3) is 3.39. The van der Waals surface area contributed by atoms with Crippen LogP contribution >= 0.6 is 11.3 Å². The Bertz CT molecular complexity index is 962. The minimum atomic E-state index is -0.0885. The molecule has 0 fully saturated rings. The molecule has 25 heavy (non-hydrogen) atoms. The van der Waals surface area contributed by atoms with Crippen LogP contribution in [0.25, 0.3) is 10.6 Å². The topological polar surface area (TPSA) is 66.1 Å². The summed E-state index contributed by atoms with van der Waals surface area (Å²) < 4.78 is 0. The molecule has 0 spiro atoms. The minimum Gasteiger partial charge on any atom is -0.338 e. The van der Waals surface area contributed by atoms with Crippen LogP contribution < -0.4 is 5.56 Å².